The maximum Gasteiger partial charge on any atom is 0.435 e. The molecule has 0 fully saturated rings. The molecule has 2 nitrogen and oxygen atoms in total. The lowest BCUT2D eigenvalue weighted by Crippen LogP contribution is -2.07. The molecule has 2 aromatic rings. The first-order chi connectivity index (χ1) is 7.48. The van der Waals surface area contributed by atoms with Crippen LogP contribution in [0.2, 0.25) is 5.15 Å². The van der Waals surface area contributed by atoms with E-state index in [0.717, 1.165) is 10.7 Å². The smallest absolute Gasteiger partial charge is 0.222 e. The predicted molar refractivity (Wildman–Crippen MR) is 53.6 cm³/mol. The van der Waals surface area contributed by atoms with Gasteiger partial charge in [0.15, 0.2) is 5.69 Å². The molecule has 2 rings (SSSR count). The molecular formula is C10H6ClF3N2. The first-order valence-corrected chi connectivity index (χ1v) is 4.74. The van der Waals surface area contributed by atoms with E-state index in [1.807, 2.05) is 0 Å². The van der Waals surface area contributed by atoms with Crippen LogP contribution in [0.25, 0.3) is 5.69 Å². The van der Waals surface area contributed by atoms with Gasteiger partial charge in [0.1, 0.15) is 5.15 Å². The molecule has 6 heteroatoms. The summed E-state index contributed by atoms with van der Waals surface area (Å²) >= 11 is 5.69. The van der Waals surface area contributed by atoms with Crippen LogP contribution in [0.4, 0.5) is 13.2 Å². The Bertz CT molecular complexity index is 491. The van der Waals surface area contributed by atoms with Crippen LogP contribution >= 0.6 is 11.6 Å². The number of nitrogens with zero attached hydrogens (tertiary/aromatic N) is 2. The van der Waals surface area contributed by atoms with Gasteiger partial charge in [0.2, 0.25) is 0 Å². The summed E-state index contributed by atoms with van der Waals surface area (Å²) in [6.07, 6.45) is -4.48. The van der Waals surface area contributed by atoms with Crippen molar-refractivity contribution in [3.05, 3.63) is 47.2 Å². The molecule has 1 aromatic carbocycles. The van der Waals surface area contributed by atoms with E-state index >= 15 is 0 Å². The Morgan fingerprint density at radius 2 is 1.75 bits per heavy atom. The zero-order valence-corrected chi connectivity index (χ0v) is 8.63. The zero-order chi connectivity index (χ0) is 11.8. The van der Waals surface area contributed by atoms with Gasteiger partial charge in [-0.2, -0.15) is 18.3 Å². The van der Waals surface area contributed by atoms with Crippen molar-refractivity contribution >= 4 is 11.6 Å². The van der Waals surface area contributed by atoms with Gasteiger partial charge in [-0.15, -0.1) is 0 Å². The second-order valence-electron chi connectivity index (χ2n) is 3.10. The first-order valence-electron chi connectivity index (χ1n) is 4.36. The van der Waals surface area contributed by atoms with Crippen molar-refractivity contribution in [1.82, 2.24) is 9.78 Å². The lowest BCUT2D eigenvalue weighted by atomic mass is 10.3. The van der Waals surface area contributed by atoms with Gasteiger partial charge in [-0.25, -0.2) is 4.68 Å². The average molecular weight is 247 g/mol. The summed E-state index contributed by atoms with van der Waals surface area (Å²) in [7, 11) is 0. The van der Waals surface area contributed by atoms with Crippen LogP contribution < -0.4 is 0 Å². The van der Waals surface area contributed by atoms with Crippen LogP contribution in [0.1, 0.15) is 5.69 Å². The highest BCUT2D eigenvalue weighted by molar-refractivity contribution is 6.29. The minimum atomic E-state index is -4.48. The highest BCUT2D eigenvalue weighted by Gasteiger charge is 2.34. The van der Waals surface area contributed by atoms with E-state index in [-0.39, 0.29) is 5.15 Å². The quantitative estimate of drug-likeness (QED) is 0.752. The minimum absolute atomic E-state index is 0.0708. The summed E-state index contributed by atoms with van der Waals surface area (Å²) in [5.74, 6) is 0. The molecule has 0 aliphatic carbocycles. The van der Waals surface area contributed by atoms with Crippen LogP contribution in [0.3, 0.4) is 0 Å². The van der Waals surface area contributed by atoms with Crippen molar-refractivity contribution in [2.45, 2.75) is 6.18 Å². The summed E-state index contributed by atoms with van der Waals surface area (Å²) in [4.78, 5) is 0. The van der Waals surface area contributed by atoms with Crippen molar-refractivity contribution in [2.75, 3.05) is 0 Å². The number of alkyl halides is 3. The summed E-state index contributed by atoms with van der Waals surface area (Å²) in [5, 5.41) is 3.34. The molecule has 0 saturated heterocycles. The fourth-order valence-electron chi connectivity index (χ4n) is 1.25. The molecule has 0 amide bonds. The molecular weight excluding hydrogens is 241 g/mol. The Balaban J connectivity index is 2.48. The highest BCUT2D eigenvalue weighted by atomic mass is 35.5. The van der Waals surface area contributed by atoms with E-state index in [2.05, 4.69) is 5.10 Å². The second kappa shape index (κ2) is 3.83. The van der Waals surface area contributed by atoms with Gasteiger partial charge in [-0.3, -0.25) is 0 Å². The molecule has 0 radical (unpaired) electrons. The molecule has 0 spiro atoms. The summed E-state index contributed by atoms with van der Waals surface area (Å²) in [6.45, 7) is 0. The van der Waals surface area contributed by atoms with Crippen molar-refractivity contribution in [3.63, 3.8) is 0 Å². The zero-order valence-electron chi connectivity index (χ0n) is 7.87. The summed E-state index contributed by atoms with van der Waals surface area (Å²) in [5.41, 5.74) is -0.510. The van der Waals surface area contributed by atoms with E-state index in [1.54, 1.807) is 30.3 Å². The molecule has 84 valence electrons. The number of benzene rings is 1. The van der Waals surface area contributed by atoms with Gasteiger partial charge in [-0.05, 0) is 12.1 Å². The van der Waals surface area contributed by atoms with E-state index in [0.29, 0.717) is 5.69 Å². The van der Waals surface area contributed by atoms with Crippen molar-refractivity contribution in [2.24, 2.45) is 0 Å². The van der Waals surface area contributed by atoms with E-state index in [4.69, 9.17) is 11.6 Å². The maximum atomic E-state index is 12.4. The Morgan fingerprint density at radius 3 is 2.25 bits per heavy atom. The molecule has 0 aliphatic rings. The number of hydrogen-bond acceptors (Lipinski definition) is 1. The molecule has 0 N–H and O–H groups in total. The van der Waals surface area contributed by atoms with Crippen molar-refractivity contribution in [1.29, 1.82) is 0 Å². The topological polar surface area (TPSA) is 17.8 Å². The fourth-order valence-corrected chi connectivity index (χ4v) is 1.49. The average Bonchev–Trinajstić information content (AvgIpc) is 2.61. The molecule has 0 unspecified atom stereocenters. The van der Waals surface area contributed by atoms with Crippen molar-refractivity contribution < 1.29 is 13.2 Å². The standard InChI is InChI=1S/C10H6ClF3N2/c11-9-6-8(10(12,13)14)15-16(9)7-4-2-1-3-5-7/h1-6H. The monoisotopic (exact) mass is 246 g/mol. The largest absolute Gasteiger partial charge is 0.435 e. The Hall–Kier alpha value is -1.49. The first kappa shape index (κ1) is 11.0. The fraction of sp³-hybridized carbons (Fsp3) is 0.100. The van der Waals surface area contributed by atoms with Gasteiger partial charge in [0.05, 0.1) is 5.69 Å². The van der Waals surface area contributed by atoms with Gasteiger partial charge in [-0.1, -0.05) is 29.8 Å². The van der Waals surface area contributed by atoms with Gasteiger partial charge < -0.3 is 0 Å². The summed E-state index contributed by atoms with van der Waals surface area (Å²) in [6, 6.07) is 9.19. The van der Waals surface area contributed by atoms with Crippen LogP contribution in [0.15, 0.2) is 36.4 Å². The minimum Gasteiger partial charge on any atom is -0.222 e. The predicted octanol–water partition coefficient (Wildman–Crippen LogP) is 3.54. The molecule has 0 atom stereocenters. The molecule has 1 aromatic heterocycles. The molecule has 16 heavy (non-hydrogen) atoms. The highest BCUT2D eigenvalue weighted by Crippen LogP contribution is 2.30. The van der Waals surface area contributed by atoms with Crippen molar-refractivity contribution in [3.8, 4) is 5.69 Å². The molecule has 0 bridgehead atoms. The number of para-hydroxylation sites is 1. The molecule has 0 aliphatic heterocycles. The van der Waals surface area contributed by atoms with Gasteiger partial charge in [0, 0.05) is 6.07 Å². The number of aromatic nitrogens is 2. The normalized spacial score (nSPS) is 11.8. The number of halogens is 4. The van der Waals surface area contributed by atoms with E-state index in [9.17, 15) is 13.2 Å². The van der Waals surface area contributed by atoms with Gasteiger partial charge in [0.25, 0.3) is 0 Å². The van der Waals surface area contributed by atoms with E-state index < -0.39 is 11.9 Å². The lowest BCUT2D eigenvalue weighted by Gasteiger charge is -2.02. The lowest BCUT2D eigenvalue weighted by molar-refractivity contribution is -0.141. The Labute approximate surface area is 94.3 Å². The Morgan fingerprint density at radius 1 is 1.12 bits per heavy atom. The van der Waals surface area contributed by atoms with E-state index in [1.165, 1.54) is 0 Å². The second-order valence-corrected chi connectivity index (χ2v) is 3.48. The van der Waals surface area contributed by atoms with Crippen LogP contribution in [0.5, 0.6) is 0 Å². The SMILES string of the molecule is FC(F)(F)c1cc(Cl)n(-c2ccccc2)n1. The van der Waals surface area contributed by atoms with Crippen LogP contribution in [0, 0.1) is 0 Å². The van der Waals surface area contributed by atoms with Crippen LogP contribution in [-0.2, 0) is 6.18 Å². The number of hydrogen-bond donors (Lipinski definition) is 0. The third kappa shape index (κ3) is 2.04. The molecule has 0 saturated carbocycles. The summed E-state index contributed by atoms with van der Waals surface area (Å²) < 4.78 is 38.1. The van der Waals surface area contributed by atoms with Gasteiger partial charge >= 0.3 is 6.18 Å². The molecule has 1 heterocycles. The third-order valence-electron chi connectivity index (χ3n) is 1.96. The third-order valence-corrected chi connectivity index (χ3v) is 2.23. The maximum absolute atomic E-state index is 12.4. The van der Waals surface area contributed by atoms with Crippen LogP contribution in [-0.4, -0.2) is 9.78 Å². The Kier molecular flexibility index (Phi) is 2.63. The number of rotatable bonds is 1.